The van der Waals surface area contributed by atoms with Crippen molar-refractivity contribution in [1.82, 2.24) is 9.97 Å². The molecule has 0 fully saturated rings. The normalized spacial score (nSPS) is 10.8. The summed E-state index contributed by atoms with van der Waals surface area (Å²) in [7, 11) is 0. The molecule has 112 valence electrons. The maximum atomic E-state index is 12.0. The van der Waals surface area contributed by atoms with Crippen molar-refractivity contribution >= 4 is 16.9 Å². The molecule has 0 atom stereocenters. The average molecular weight is 293 g/mol. The van der Waals surface area contributed by atoms with E-state index in [2.05, 4.69) is 47.3 Å². The molecule has 0 saturated heterocycles. The van der Waals surface area contributed by atoms with Gasteiger partial charge >= 0.3 is 0 Å². The molecule has 2 N–H and O–H groups in total. The van der Waals surface area contributed by atoms with Crippen LogP contribution in [-0.2, 0) is 6.42 Å². The van der Waals surface area contributed by atoms with E-state index in [4.69, 9.17) is 0 Å². The second-order valence-electron chi connectivity index (χ2n) is 5.60. The zero-order valence-electron chi connectivity index (χ0n) is 12.8. The number of nitrogens with zero attached hydrogens (tertiary/aromatic N) is 1. The van der Waals surface area contributed by atoms with Gasteiger partial charge in [-0.05, 0) is 38.0 Å². The fourth-order valence-electron chi connectivity index (χ4n) is 2.71. The van der Waals surface area contributed by atoms with E-state index in [0.717, 1.165) is 13.0 Å². The van der Waals surface area contributed by atoms with Crippen LogP contribution in [0.4, 0.5) is 5.95 Å². The largest absolute Gasteiger partial charge is 0.355 e. The first-order valence-corrected chi connectivity index (χ1v) is 7.42. The van der Waals surface area contributed by atoms with Gasteiger partial charge in [0.1, 0.15) is 0 Å². The summed E-state index contributed by atoms with van der Waals surface area (Å²) in [6, 6.07) is 13.9. The molecule has 0 aliphatic rings. The average Bonchev–Trinajstić information content (AvgIpc) is 2.46. The number of hydrogen-bond acceptors (Lipinski definition) is 3. The first kappa shape index (κ1) is 14.3. The third-order valence-electron chi connectivity index (χ3n) is 3.60. The van der Waals surface area contributed by atoms with Crippen molar-refractivity contribution in [1.29, 1.82) is 0 Å². The van der Waals surface area contributed by atoms with E-state index in [1.165, 1.54) is 16.7 Å². The number of benzene rings is 2. The Bertz CT molecular complexity index is 847. The molecule has 0 spiro atoms. The molecule has 1 heterocycles. The number of aryl methyl sites for hydroxylation is 2. The summed E-state index contributed by atoms with van der Waals surface area (Å²) in [6.45, 7) is 4.93. The molecule has 2 aromatic carbocycles. The van der Waals surface area contributed by atoms with Crippen LogP contribution >= 0.6 is 0 Å². The summed E-state index contributed by atoms with van der Waals surface area (Å²) in [5.41, 5.74) is 4.42. The maximum absolute atomic E-state index is 12.0. The van der Waals surface area contributed by atoms with E-state index in [1.807, 2.05) is 18.2 Å². The van der Waals surface area contributed by atoms with Crippen LogP contribution in [0.15, 0.2) is 47.3 Å². The molecule has 0 aliphatic carbocycles. The van der Waals surface area contributed by atoms with Crippen molar-refractivity contribution in [3.63, 3.8) is 0 Å². The second kappa shape index (κ2) is 6.02. The van der Waals surface area contributed by atoms with Crippen LogP contribution in [0, 0.1) is 13.8 Å². The first-order valence-electron chi connectivity index (χ1n) is 7.42. The van der Waals surface area contributed by atoms with Crippen LogP contribution in [-0.4, -0.2) is 16.5 Å². The van der Waals surface area contributed by atoms with Gasteiger partial charge in [0, 0.05) is 6.54 Å². The van der Waals surface area contributed by atoms with Crippen LogP contribution in [0.3, 0.4) is 0 Å². The van der Waals surface area contributed by atoms with E-state index < -0.39 is 0 Å². The summed E-state index contributed by atoms with van der Waals surface area (Å²) in [5, 5.41) is 3.81. The molecule has 4 heteroatoms. The molecular formula is C18H19N3O. The van der Waals surface area contributed by atoms with Gasteiger partial charge in [-0.15, -0.1) is 0 Å². The first-order chi connectivity index (χ1) is 10.6. The zero-order valence-corrected chi connectivity index (χ0v) is 12.8. The third kappa shape index (κ3) is 3.17. The SMILES string of the molecule is Cc1cc(C)cc(CCNc2nc3ccccc3c(=O)[nH]2)c1. The molecule has 22 heavy (non-hydrogen) atoms. The van der Waals surface area contributed by atoms with Gasteiger partial charge in [-0.2, -0.15) is 0 Å². The predicted octanol–water partition coefficient (Wildman–Crippen LogP) is 3.19. The lowest BCUT2D eigenvalue weighted by molar-refractivity contribution is 0.981. The number of rotatable bonds is 4. The van der Waals surface area contributed by atoms with E-state index in [-0.39, 0.29) is 5.56 Å². The lowest BCUT2D eigenvalue weighted by Gasteiger charge is -2.08. The number of H-pyrrole nitrogens is 1. The lowest BCUT2D eigenvalue weighted by Crippen LogP contribution is -2.15. The Kier molecular flexibility index (Phi) is 3.92. The number of aromatic nitrogens is 2. The Labute approximate surface area is 129 Å². The van der Waals surface area contributed by atoms with Crippen molar-refractivity contribution in [2.75, 3.05) is 11.9 Å². The van der Waals surface area contributed by atoms with Crippen LogP contribution < -0.4 is 10.9 Å². The van der Waals surface area contributed by atoms with E-state index in [9.17, 15) is 4.79 Å². The summed E-state index contributed by atoms with van der Waals surface area (Å²) >= 11 is 0. The fourth-order valence-corrected chi connectivity index (χ4v) is 2.71. The van der Waals surface area contributed by atoms with Crippen LogP contribution in [0.1, 0.15) is 16.7 Å². The summed E-state index contributed by atoms with van der Waals surface area (Å²) in [6.07, 6.45) is 0.888. The standard InChI is InChI=1S/C18H19N3O/c1-12-9-13(2)11-14(10-12)7-8-19-18-20-16-6-4-3-5-15(16)17(22)21-18/h3-6,9-11H,7-8H2,1-2H3,(H2,19,20,21,22). The minimum absolute atomic E-state index is 0.112. The molecule has 4 nitrogen and oxygen atoms in total. The van der Waals surface area contributed by atoms with Crippen molar-refractivity contribution < 1.29 is 0 Å². The number of para-hydroxylation sites is 1. The molecule has 0 saturated carbocycles. The van der Waals surface area contributed by atoms with E-state index >= 15 is 0 Å². The minimum atomic E-state index is -0.112. The third-order valence-corrected chi connectivity index (χ3v) is 3.60. The van der Waals surface area contributed by atoms with Crippen LogP contribution in [0.25, 0.3) is 10.9 Å². The number of aromatic amines is 1. The molecule has 0 aliphatic heterocycles. The molecule has 0 unspecified atom stereocenters. The fraction of sp³-hybridized carbons (Fsp3) is 0.222. The molecule has 3 aromatic rings. The highest BCUT2D eigenvalue weighted by Gasteiger charge is 2.03. The number of anilines is 1. The Morgan fingerprint density at radius 3 is 2.59 bits per heavy atom. The number of fused-ring (bicyclic) bond motifs is 1. The Morgan fingerprint density at radius 1 is 1.09 bits per heavy atom. The van der Waals surface area contributed by atoms with Gasteiger partial charge in [-0.3, -0.25) is 9.78 Å². The highest BCUT2D eigenvalue weighted by Crippen LogP contribution is 2.10. The van der Waals surface area contributed by atoms with Crippen LogP contribution in [0.2, 0.25) is 0 Å². The molecule has 0 amide bonds. The maximum Gasteiger partial charge on any atom is 0.260 e. The number of hydrogen-bond donors (Lipinski definition) is 2. The topological polar surface area (TPSA) is 57.8 Å². The number of nitrogens with one attached hydrogen (secondary N) is 2. The van der Waals surface area contributed by atoms with Crippen molar-refractivity contribution in [2.45, 2.75) is 20.3 Å². The summed E-state index contributed by atoms with van der Waals surface area (Å²) in [4.78, 5) is 19.2. The zero-order chi connectivity index (χ0) is 15.5. The highest BCUT2D eigenvalue weighted by molar-refractivity contribution is 5.78. The van der Waals surface area contributed by atoms with Crippen LogP contribution in [0.5, 0.6) is 0 Å². The van der Waals surface area contributed by atoms with Gasteiger partial charge < -0.3 is 5.32 Å². The predicted molar refractivity (Wildman–Crippen MR) is 90.5 cm³/mol. The van der Waals surface area contributed by atoms with Gasteiger partial charge in [0.25, 0.3) is 5.56 Å². The van der Waals surface area contributed by atoms with Crippen molar-refractivity contribution in [3.05, 3.63) is 69.5 Å². The van der Waals surface area contributed by atoms with Gasteiger partial charge in [0.05, 0.1) is 10.9 Å². The smallest absolute Gasteiger partial charge is 0.260 e. The highest BCUT2D eigenvalue weighted by atomic mass is 16.1. The minimum Gasteiger partial charge on any atom is -0.355 e. The Morgan fingerprint density at radius 2 is 1.82 bits per heavy atom. The van der Waals surface area contributed by atoms with Gasteiger partial charge in [-0.1, -0.05) is 41.5 Å². The van der Waals surface area contributed by atoms with Crippen molar-refractivity contribution in [3.8, 4) is 0 Å². The Hall–Kier alpha value is -2.62. The molecule has 1 aromatic heterocycles. The summed E-state index contributed by atoms with van der Waals surface area (Å²) in [5.74, 6) is 0.521. The lowest BCUT2D eigenvalue weighted by atomic mass is 10.1. The van der Waals surface area contributed by atoms with Crippen molar-refractivity contribution in [2.24, 2.45) is 0 Å². The molecular weight excluding hydrogens is 274 g/mol. The monoisotopic (exact) mass is 293 g/mol. The molecule has 0 radical (unpaired) electrons. The van der Waals surface area contributed by atoms with Gasteiger partial charge in [0.15, 0.2) is 0 Å². The quantitative estimate of drug-likeness (QED) is 0.776. The molecule has 0 bridgehead atoms. The Balaban J connectivity index is 1.73. The van der Waals surface area contributed by atoms with Gasteiger partial charge in [-0.25, -0.2) is 4.98 Å². The summed E-state index contributed by atoms with van der Waals surface area (Å²) < 4.78 is 0. The van der Waals surface area contributed by atoms with Gasteiger partial charge in [0.2, 0.25) is 5.95 Å². The second-order valence-corrected chi connectivity index (χ2v) is 5.60. The van der Waals surface area contributed by atoms with E-state index in [1.54, 1.807) is 6.07 Å². The molecule has 3 rings (SSSR count). The van der Waals surface area contributed by atoms with E-state index in [0.29, 0.717) is 16.9 Å².